The van der Waals surface area contributed by atoms with Crippen LogP contribution in [0.1, 0.15) is 4.88 Å². The molecule has 0 atom stereocenters. The largest absolute Gasteiger partial charge is 0.329 e. The van der Waals surface area contributed by atoms with Crippen molar-refractivity contribution in [2.45, 2.75) is 18.0 Å². The maximum atomic E-state index is 12.0. The number of nitrogens with zero attached hydrogens (tertiary/aromatic N) is 2. The van der Waals surface area contributed by atoms with E-state index in [0.29, 0.717) is 13.1 Å². The molecule has 0 bridgehead atoms. The van der Waals surface area contributed by atoms with Crippen LogP contribution in [0.4, 0.5) is 0 Å². The molecule has 2 heterocycles. The fourth-order valence-electron chi connectivity index (χ4n) is 1.43. The Morgan fingerprint density at radius 3 is 2.95 bits per heavy atom. The third-order valence-corrected chi connectivity index (χ3v) is 5.39. The van der Waals surface area contributed by atoms with Gasteiger partial charge in [-0.3, -0.25) is 4.68 Å². The summed E-state index contributed by atoms with van der Waals surface area (Å²) in [4.78, 5) is 1.08. The molecule has 0 radical (unpaired) electrons. The van der Waals surface area contributed by atoms with Crippen molar-refractivity contribution in [1.82, 2.24) is 14.5 Å². The van der Waals surface area contributed by atoms with Crippen molar-refractivity contribution in [1.29, 1.82) is 0 Å². The number of nitrogens with two attached hydrogens (primary N) is 1. The molecule has 3 N–H and O–H groups in total. The summed E-state index contributed by atoms with van der Waals surface area (Å²) in [6, 6.07) is 1.88. The van der Waals surface area contributed by atoms with Crippen LogP contribution >= 0.6 is 27.3 Å². The fourth-order valence-corrected chi connectivity index (χ4v) is 3.87. The molecule has 2 aromatic rings. The van der Waals surface area contributed by atoms with E-state index in [0.717, 1.165) is 9.35 Å². The molecule has 0 unspecified atom stereocenters. The summed E-state index contributed by atoms with van der Waals surface area (Å²) in [6.07, 6.45) is 2.79. The van der Waals surface area contributed by atoms with Gasteiger partial charge in [0, 0.05) is 34.0 Å². The second-order valence-corrected chi connectivity index (χ2v) is 7.46. The number of hydrogen-bond acceptors (Lipinski definition) is 5. The quantitative estimate of drug-likeness (QED) is 0.804. The highest BCUT2D eigenvalue weighted by molar-refractivity contribution is 9.10. The molecule has 2 rings (SSSR count). The molecule has 0 spiro atoms. The van der Waals surface area contributed by atoms with Crippen LogP contribution in [0.5, 0.6) is 0 Å². The van der Waals surface area contributed by atoms with Gasteiger partial charge in [-0.25, -0.2) is 13.1 Å². The number of sulfonamides is 1. The van der Waals surface area contributed by atoms with Crippen LogP contribution < -0.4 is 10.5 Å². The van der Waals surface area contributed by atoms with Gasteiger partial charge in [-0.2, -0.15) is 5.10 Å². The summed E-state index contributed by atoms with van der Waals surface area (Å²) < 4.78 is 29.0. The van der Waals surface area contributed by atoms with E-state index in [2.05, 4.69) is 25.8 Å². The minimum atomic E-state index is -3.53. The maximum Gasteiger partial charge on any atom is 0.244 e. The first-order chi connectivity index (χ1) is 9.01. The van der Waals surface area contributed by atoms with Crippen molar-refractivity contribution in [3.63, 3.8) is 0 Å². The van der Waals surface area contributed by atoms with Crippen LogP contribution in [0, 0.1) is 0 Å². The Labute approximate surface area is 123 Å². The molecule has 0 saturated heterocycles. The van der Waals surface area contributed by atoms with Gasteiger partial charge in [0.2, 0.25) is 10.0 Å². The Morgan fingerprint density at radius 1 is 1.53 bits per heavy atom. The van der Waals surface area contributed by atoms with Crippen molar-refractivity contribution < 1.29 is 8.42 Å². The Balaban J connectivity index is 2.04. The smallest absolute Gasteiger partial charge is 0.244 e. The van der Waals surface area contributed by atoms with E-state index in [9.17, 15) is 8.42 Å². The van der Waals surface area contributed by atoms with Gasteiger partial charge >= 0.3 is 0 Å². The van der Waals surface area contributed by atoms with E-state index >= 15 is 0 Å². The molecule has 0 aliphatic heterocycles. The lowest BCUT2D eigenvalue weighted by Gasteiger charge is -2.02. The SMILES string of the molecule is NCCn1cc(S(=O)(=O)NCc2cc(Br)cs2)cn1. The Kier molecular flexibility index (Phi) is 4.74. The van der Waals surface area contributed by atoms with E-state index in [-0.39, 0.29) is 11.4 Å². The van der Waals surface area contributed by atoms with Crippen molar-refractivity contribution in [3.8, 4) is 0 Å². The molecule has 9 heteroatoms. The lowest BCUT2D eigenvalue weighted by Crippen LogP contribution is -2.22. The lowest BCUT2D eigenvalue weighted by molar-refractivity contribution is 0.580. The predicted octanol–water partition coefficient (Wildman–Crippen LogP) is 1.14. The third-order valence-electron chi connectivity index (χ3n) is 2.34. The summed E-state index contributed by atoms with van der Waals surface area (Å²) in [5.41, 5.74) is 5.39. The lowest BCUT2D eigenvalue weighted by atomic mass is 10.5. The van der Waals surface area contributed by atoms with Gasteiger partial charge in [-0.1, -0.05) is 0 Å². The molecule has 0 aliphatic carbocycles. The maximum absolute atomic E-state index is 12.0. The van der Waals surface area contributed by atoms with E-state index in [1.165, 1.54) is 28.4 Å². The highest BCUT2D eigenvalue weighted by Gasteiger charge is 2.16. The molecule has 0 fully saturated rings. The first-order valence-corrected chi connectivity index (χ1v) is 8.62. The van der Waals surface area contributed by atoms with Crippen LogP contribution in [-0.4, -0.2) is 24.7 Å². The van der Waals surface area contributed by atoms with Gasteiger partial charge in [-0.15, -0.1) is 11.3 Å². The van der Waals surface area contributed by atoms with Crippen LogP contribution in [-0.2, 0) is 23.1 Å². The monoisotopic (exact) mass is 364 g/mol. The molecule has 0 amide bonds. The summed E-state index contributed by atoms with van der Waals surface area (Å²) in [5, 5.41) is 5.85. The Bertz CT molecular complexity index is 650. The third kappa shape index (κ3) is 3.86. The topological polar surface area (TPSA) is 90.0 Å². The number of rotatable bonds is 6. The van der Waals surface area contributed by atoms with Gasteiger partial charge in [-0.05, 0) is 22.0 Å². The second kappa shape index (κ2) is 6.14. The first kappa shape index (κ1) is 14.7. The van der Waals surface area contributed by atoms with Gasteiger partial charge in [0.05, 0.1) is 12.7 Å². The molecular formula is C10H13BrN4O2S2. The summed E-state index contributed by atoms with van der Waals surface area (Å²) in [5.74, 6) is 0. The zero-order valence-corrected chi connectivity index (χ0v) is 13.1. The Morgan fingerprint density at radius 2 is 2.32 bits per heavy atom. The van der Waals surface area contributed by atoms with Gasteiger partial charge in [0.15, 0.2) is 0 Å². The number of thiophene rings is 1. The Hall–Kier alpha value is -0.740. The van der Waals surface area contributed by atoms with Crippen LogP contribution in [0.2, 0.25) is 0 Å². The molecule has 0 saturated carbocycles. The molecule has 19 heavy (non-hydrogen) atoms. The van der Waals surface area contributed by atoms with Crippen LogP contribution in [0.25, 0.3) is 0 Å². The van der Waals surface area contributed by atoms with E-state index in [4.69, 9.17) is 5.73 Å². The van der Waals surface area contributed by atoms with Crippen molar-refractivity contribution in [3.05, 3.63) is 33.2 Å². The normalized spacial score (nSPS) is 11.9. The summed E-state index contributed by atoms with van der Waals surface area (Å²) in [6.45, 7) is 1.17. The minimum Gasteiger partial charge on any atom is -0.329 e. The van der Waals surface area contributed by atoms with E-state index in [1.807, 2.05) is 11.4 Å². The second-order valence-electron chi connectivity index (χ2n) is 3.78. The van der Waals surface area contributed by atoms with Gasteiger partial charge < -0.3 is 5.73 Å². The predicted molar refractivity (Wildman–Crippen MR) is 77.3 cm³/mol. The average molecular weight is 365 g/mol. The molecule has 6 nitrogen and oxygen atoms in total. The fraction of sp³-hybridized carbons (Fsp3) is 0.300. The summed E-state index contributed by atoms with van der Waals surface area (Å²) >= 11 is 4.81. The average Bonchev–Trinajstić information content (AvgIpc) is 2.97. The zero-order valence-electron chi connectivity index (χ0n) is 9.91. The van der Waals surface area contributed by atoms with Crippen molar-refractivity contribution >= 4 is 37.3 Å². The van der Waals surface area contributed by atoms with Crippen molar-refractivity contribution in [2.75, 3.05) is 6.54 Å². The highest BCUT2D eigenvalue weighted by Crippen LogP contribution is 2.20. The first-order valence-electron chi connectivity index (χ1n) is 5.46. The number of nitrogens with one attached hydrogen (secondary N) is 1. The molecule has 2 aromatic heterocycles. The molecule has 0 aliphatic rings. The van der Waals surface area contributed by atoms with E-state index < -0.39 is 10.0 Å². The number of halogens is 1. The minimum absolute atomic E-state index is 0.150. The highest BCUT2D eigenvalue weighted by atomic mass is 79.9. The molecule has 0 aromatic carbocycles. The van der Waals surface area contributed by atoms with Gasteiger partial charge in [0.25, 0.3) is 0 Å². The number of hydrogen-bond donors (Lipinski definition) is 2. The van der Waals surface area contributed by atoms with Gasteiger partial charge in [0.1, 0.15) is 4.90 Å². The molecule has 104 valence electrons. The summed E-state index contributed by atoms with van der Waals surface area (Å²) in [7, 11) is -3.53. The van der Waals surface area contributed by atoms with Crippen LogP contribution in [0.15, 0.2) is 33.2 Å². The molecular weight excluding hydrogens is 352 g/mol. The van der Waals surface area contributed by atoms with Crippen molar-refractivity contribution in [2.24, 2.45) is 5.73 Å². The number of aromatic nitrogens is 2. The zero-order chi connectivity index (χ0) is 13.9. The van der Waals surface area contributed by atoms with Crippen LogP contribution in [0.3, 0.4) is 0 Å². The standard InChI is InChI=1S/C10H13BrN4O2S2/c11-8-3-9(18-7-8)4-14-19(16,17)10-5-13-15(6-10)2-1-12/h3,5-7,14H,1-2,4,12H2. The van der Waals surface area contributed by atoms with E-state index in [1.54, 1.807) is 0 Å².